The number of rotatable bonds is 0. The second-order valence-corrected chi connectivity index (χ2v) is 1.69. The van der Waals surface area contributed by atoms with Crippen LogP contribution in [0.2, 0.25) is 0 Å². The van der Waals surface area contributed by atoms with Gasteiger partial charge in [0, 0.05) is 24.6 Å². The van der Waals surface area contributed by atoms with Crippen LogP contribution in [-0.4, -0.2) is 5.11 Å². The van der Waals surface area contributed by atoms with Crippen LogP contribution in [-0.2, 0) is 18.6 Å². The fourth-order valence-electron chi connectivity index (χ4n) is 0.506. The Balaban J connectivity index is 0.000000810. The van der Waals surface area contributed by atoms with Crippen LogP contribution in [0.5, 0.6) is 5.75 Å². The van der Waals surface area contributed by atoms with E-state index in [2.05, 4.69) is 4.42 Å². The molecule has 0 aliphatic carbocycles. The van der Waals surface area contributed by atoms with Gasteiger partial charge in [-0.2, -0.15) is 0 Å². The topological polar surface area (TPSA) is 50.4 Å². The molecule has 0 saturated heterocycles. The van der Waals surface area contributed by atoms with E-state index in [4.69, 9.17) is 5.11 Å². The molecule has 0 aromatic carbocycles. The standard InChI is InChI=1S/C6H6O3.V/c1-4-6(8)5(7)2-3-9-4;/h2-3,8H,1H3;. The molecule has 53 valence electrons. The zero-order valence-corrected chi connectivity index (χ0v) is 6.76. The molecule has 0 aliphatic heterocycles. The van der Waals surface area contributed by atoms with Gasteiger partial charge in [-0.1, -0.05) is 0 Å². The Bertz CT molecular complexity index is 266. The molecule has 10 heavy (non-hydrogen) atoms. The van der Waals surface area contributed by atoms with Crippen LogP contribution >= 0.6 is 0 Å². The van der Waals surface area contributed by atoms with Crippen LogP contribution in [0.3, 0.4) is 0 Å². The molecule has 0 unspecified atom stereocenters. The van der Waals surface area contributed by atoms with Gasteiger partial charge in [-0.15, -0.1) is 0 Å². The zero-order valence-electron chi connectivity index (χ0n) is 5.37. The van der Waals surface area contributed by atoms with Gasteiger partial charge in [-0.05, 0) is 6.92 Å². The minimum atomic E-state index is -0.404. The molecule has 3 nitrogen and oxygen atoms in total. The summed E-state index contributed by atoms with van der Waals surface area (Å²) in [5.74, 6) is -0.0556. The van der Waals surface area contributed by atoms with Crippen LogP contribution in [0.15, 0.2) is 21.5 Å². The molecule has 0 saturated carbocycles. The van der Waals surface area contributed by atoms with E-state index in [0.29, 0.717) is 0 Å². The van der Waals surface area contributed by atoms with E-state index in [1.165, 1.54) is 19.3 Å². The fraction of sp³-hybridized carbons (Fsp3) is 0.167. The van der Waals surface area contributed by atoms with Crippen molar-refractivity contribution < 1.29 is 28.1 Å². The molecule has 1 heterocycles. The molecule has 0 bridgehead atoms. The van der Waals surface area contributed by atoms with Gasteiger partial charge in [-0.25, -0.2) is 0 Å². The molecule has 0 amide bonds. The summed E-state index contributed by atoms with van der Waals surface area (Å²) in [5.41, 5.74) is -0.404. The van der Waals surface area contributed by atoms with Crippen LogP contribution in [0, 0.1) is 6.92 Å². The molecule has 4 heteroatoms. The summed E-state index contributed by atoms with van der Waals surface area (Å²) in [4.78, 5) is 10.5. The average molecular weight is 177 g/mol. The summed E-state index contributed by atoms with van der Waals surface area (Å²) in [5, 5.41) is 8.80. The maximum Gasteiger partial charge on any atom is 0.226 e. The first-order valence-electron chi connectivity index (χ1n) is 2.49. The van der Waals surface area contributed by atoms with Crippen molar-refractivity contribution in [2.24, 2.45) is 0 Å². The van der Waals surface area contributed by atoms with Crippen LogP contribution in [0.4, 0.5) is 0 Å². The number of hydrogen-bond donors (Lipinski definition) is 1. The summed E-state index contributed by atoms with van der Waals surface area (Å²) >= 11 is 0. The quantitative estimate of drug-likeness (QED) is 0.632. The van der Waals surface area contributed by atoms with Crippen molar-refractivity contribution in [3.63, 3.8) is 0 Å². The first kappa shape index (κ1) is 9.33. The fourth-order valence-corrected chi connectivity index (χ4v) is 0.506. The van der Waals surface area contributed by atoms with E-state index < -0.39 is 5.43 Å². The molecule has 0 spiro atoms. The molecule has 1 N–H and O–H groups in total. The largest absolute Gasteiger partial charge is 0.502 e. The van der Waals surface area contributed by atoms with Crippen LogP contribution in [0.1, 0.15) is 5.76 Å². The summed E-state index contributed by atoms with van der Waals surface area (Å²) in [6.07, 6.45) is 1.25. The molecule has 1 aromatic heterocycles. The van der Waals surface area contributed by atoms with E-state index in [1.807, 2.05) is 0 Å². The van der Waals surface area contributed by atoms with Gasteiger partial charge in [-0.3, -0.25) is 4.79 Å². The maximum atomic E-state index is 10.5. The van der Waals surface area contributed by atoms with Crippen LogP contribution in [0.25, 0.3) is 0 Å². The normalized spacial score (nSPS) is 8.50. The van der Waals surface area contributed by atoms with E-state index in [-0.39, 0.29) is 30.1 Å². The van der Waals surface area contributed by atoms with Gasteiger partial charge in [0.25, 0.3) is 0 Å². The third-order valence-electron chi connectivity index (χ3n) is 1.03. The van der Waals surface area contributed by atoms with Crippen molar-refractivity contribution in [2.75, 3.05) is 0 Å². The molecular weight excluding hydrogens is 171 g/mol. The SMILES string of the molecule is Cc1occc(=O)c1O.[V]. The Morgan fingerprint density at radius 1 is 1.60 bits per heavy atom. The Kier molecular flexibility index (Phi) is 3.26. The molecule has 1 aromatic rings. The molecule has 0 aliphatic rings. The zero-order chi connectivity index (χ0) is 6.85. The van der Waals surface area contributed by atoms with E-state index in [1.54, 1.807) is 0 Å². The average Bonchev–Trinajstić information content (AvgIpc) is 1.83. The Hall–Kier alpha value is -0.666. The third kappa shape index (κ3) is 1.66. The second-order valence-electron chi connectivity index (χ2n) is 1.69. The van der Waals surface area contributed by atoms with Crippen molar-refractivity contribution in [3.05, 3.63) is 28.3 Å². The van der Waals surface area contributed by atoms with E-state index in [0.717, 1.165) is 0 Å². The second kappa shape index (κ2) is 3.49. The monoisotopic (exact) mass is 177 g/mol. The predicted octanol–water partition coefficient (Wildman–Crippen LogP) is 0.651. The van der Waals surface area contributed by atoms with Crippen molar-refractivity contribution >= 4 is 0 Å². The van der Waals surface area contributed by atoms with Gasteiger partial charge in [0.15, 0.2) is 0 Å². The van der Waals surface area contributed by atoms with E-state index in [9.17, 15) is 4.79 Å². The molecule has 0 fully saturated rings. The Morgan fingerprint density at radius 3 is 2.60 bits per heavy atom. The van der Waals surface area contributed by atoms with Crippen molar-refractivity contribution in [1.82, 2.24) is 0 Å². The maximum absolute atomic E-state index is 10.5. The number of aryl methyl sites for hydroxylation is 1. The minimum Gasteiger partial charge on any atom is -0.502 e. The van der Waals surface area contributed by atoms with Crippen molar-refractivity contribution in [3.8, 4) is 5.75 Å². The number of hydrogen-bond acceptors (Lipinski definition) is 3. The van der Waals surface area contributed by atoms with Crippen molar-refractivity contribution in [2.45, 2.75) is 6.92 Å². The first-order valence-corrected chi connectivity index (χ1v) is 2.49. The Labute approximate surface area is 69.6 Å². The molecule has 1 radical (unpaired) electrons. The molecular formula is C6H6O3V. The van der Waals surface area contributed by atoms with Gasteiger partial charge >= 0.3 is 0 Å². The number of aromatic hydroxyl groups is 1. The third-order valence-corrected chi connectivity index (χ3v) is 1.03. The van der Waals surface area contributed by atoms with Gasteiger partial charge in [0.05, 0.1) is 6.26 Å². The first-order chi connectivity index (χ1) is 4.22. The summed E-state index contributed by atoms with van der Waals surface area (Å²) in [6.45, 7) is 1.52. The summed E-state index contributed by atoms with van der Waals surface area (Å²) in [7, 11) is 0. The summed E-state index contributed by atoms with van der Waals surface area (Å²) < 4.78 is 4.69. The van der Waals surface area contributed by atoms with Crippen molar-refractivity contribution in [1.29, 1.82) is 0 Å². The van der Waals surface area contributed by atoms with E-state index >= 15 is 0 Å². The molecule has 1 rings (SSSR count). The minimum absolute atomic E-state index is 0. The Morgan fingerprint density at radius 2 is 2.20 bits per heavy atom. The van der Waals surface area contributed by atoms with Crippen LogP contribution < -0.4 is 5.43 Å². The summed E-state index contributed by atoms with van der Waals surface area (Å²) in [6, 6.07) is 1.17. The predicted molar refractivity (Wildman–Crippen MR) is 31.4 cm³/mol. The van der Waals surface area contributed by atoms with Gasteiger partial charge in [0.2, 0.25) is 11.2 Å². The smallest absolute Gasteiger partial charge is 0.226 e. The van der Waals surface area contributed by atoms with Gasteiger partial charge < -0.3 is 9.52 Å². The molecule has 0 atom stereocenters. The van der Waals surface area contributed by atoms with Gasteiger partial charge in [0.1, 0.15) is 5.76 Å².